The summed E-state index contributed by atoms with van der Waals surface area (Å²) in [5.74, 6) is -1.02. The summed E-state index contributed by atoms with van der Waals surface area (Å²) in [5, 5.41) is 12.4. The van der Waals surface area contributed by atoms with E-state index in [0.29, 0.717) is 6.04 Å². The molecule has 1 aromatic rings. The molecule has 1 aliphatic rings. The van der Waals surface area contributed by atoms with Gasteiger partial charge in [0.05, 0.1) is 11.7 Å². The number of benzene rings is 1. The van der Waals surface area contributed by atoms with E-state index in [4.69, 9.17) is 15.6 Å². The van der Waals surface area contributed by atoms with Crippen LogP contribution in [0.5, 0.6) is 0 Å². The first-order valence-corrected chi connectivity index (χ1v) is 6.92. The summed E-state index contributed by atoms with van der Waals surface area (Å²) >= 11 is 3.40. The van der Waals surface area contributed by atoms with Gasteiger partial charge in [-0.15, -0.1) is 0 Å². The Hall–Kier alpha value is -1.27. The molecule has 4 N–H and O–H groups in total. The van der Waals surface area contributed by atoms with E-state index in [9.17, 15) is 4.79 Å². The minimum atomic E-state index is -1.02. The molecular formula is C13H17BrN2O3. The maximum atomic E-state index is 11.1. The van der Waals surface area contributed by atoms with Crippen molar-refractivity contribution in [3.8, 4) is 0 Å². The number of carboxylic acids is 1. The number of hydrogen-bond donors (Lipinski definition) is 3. The van der Waals surface area contributed by atoms with Crippen LogP contribution in [0.4, 0.5) is 11.4 Å². The van der Waals surface area contributed by atoms with Gasteiger partial charge in [0.1, 0.15) is 0 Å². The number of carboxylic acid groups (broad SMARTS) is 1. The van der Waals surface area contributed by atoms with Gasteiger partial charge >= 0.3 is 5.97 Å². The van der Waals surface area contributed by atoms with Gasteiger partial charge in [0, 0.05) is 29.0 Å². The molecule has 1 fully saturated rings. The van der Waals surface area contributed by atoms with Gasteiger partial charge in [-0.3, -0.25) is 0 Å². The number of methoxy groups -OCH3 is 1. The SMILES string of the molecule is COC1CCC(Nc2cc(C(=O)O)c(N)cc2Br)C1. The molecule has 0 bridgehead atoms. The third kappa shape index (κ3) is 3.19. The van der Waals surface area contributed by atoms with Gasteiger partial charge in [0.15, 0.2) is 0 Å². The highest BCUT2D eigenvalue weighted by molar-refractivity contribution is 9.10. The zero-order chi connectivity index (χ0) is 14.0. The fourth-order valence-corrected chi connectivity index (χ4v) is 2.87. The summed E-state index contributed by atoms with van der Waals surface area (Å²) in [7, 11) is 1.72. The van der Waals surface area contributed by atoms with E-state index in [2.05, 4.69) is 21.2 Å². The van der Waals surface area contributed by atoms with Crippen molar-refractivity contribution in [3.05, 3.63) is 22.2 Å². The number of nitrogen functional groups attached to an aromatic ring is 1. The van der Waals surface area contributed by atoms with Gasteiger partial charge in [-0.05, 0) is 47.3 Å². The molecule has 0 saturated heterocycles. The van der Waals surface area contributed by atoms with E-state index in [1.165, 1.54) is 0 Å². The lowest BCUT2D eigenvalue weighted by molar-refractivity contribution is 0.0698. The first-order chi connectivity index (χ1) is 9.01. The lowest BCUT2D eigenvalue weighted by Gasteiger charge is -2.17. The van der Waals surface area contributed by atoms with Crippen LogP contribution < -0.4 is 11.1 Å². The van der Waals surface area contributed by atoms with Gasteiger partial charge in [-0.25, -0.2) is 4.79 Å². The predicted molar refractivity (Wildman–Crippen MR) is 77.6 cm³/mol. The summed E-state index contributed by atoms with van der Waals surface area (Å²) < 4.78 is 6.10. The van der Waals surface area contributed by atoms with E-state index in [0.717, 1.165) is 29.4 Å². The van der Waals surface area contributed by atoms with Crippen molar-refractivity contribution >= 4 is 33.3 Å². The van der Waals surface area contributed by atoms with Gasteiger partial charge in [0.25, 0.3) is 0 Å². The molecule has 1 saturated carbocycles. The van der Waals surface area contributed by atoms with E-state index < -0.39 is 5.97 Å². The Labute approximate surface area is 120 Å². The number of carbonyl (C=O) groups is 1. The van der Waals surface area contributed by atoms with Crippen molar-refractivity contribution in [1.82, 2.24) is 0 Å². The van der Waals surface area contributed by atoms with E-state index in [1.54, 1.807) is 19.2 Å². The van der Waals surface area contributed by atoms with E-state index in [1.807, 2.05) is 0 Å². The number of nitrogens with one attached hydrogen (secondary N) is 1. The smallest absolute Gasteiger partial charge is 0.337 e. The molecule has 5 nitrogen and oxygen atoms in total. The molecule has 0 radical (unpaired) electrons. The van der Waals surface area contributed by atoms with Crippen LogP contribution in [0, 0.1) is 0 Å². The standard InChI is InChI=1S/C13H17BrN2O3/c1-19-8-3-2-7(4-8)16-12-5-9(13(17)18)11(15)6-10(12)14/h5-8,16H,2-4,15H2,1H3,(H,17,18). The maximum absolute atomic E-state index is 11.1. The molecule has 1 aliphatic carbocycles. The van der Waals surface area contributed by atoms with Crippen LogP contribution in [0.15, 0.2) is 16.6 Å². The first kappa shape index (κ1) is 14.1. The Morgan fingerprint density at radius 1 is 1.53 bits per heavy atom. The van der Waals surface area contributed by atoms with Gasteiger partial charge in [-0.2, -0.15) is 0 Å². The molecule has 2 atom stereocenters. The Morgan fingerprint density at radius 2 is 2.26 bits per heavy atom. The fourth-order valence-electron chi connectivity index (χ4n) is 2.39. The van der Waals surface area contributed by atoms with Crippen LogP contribution in [0.25, 0.3) is 0 Å². The maximum Gasteiger partial charge on any atom is 0.337 e. The van der Waals surface area contributed by atoms with Crippen molar-refractivity contribution in [2.24, 2.45) is 0 Å². The number of aromatic carboxylic acids is 1. The Kier molecular flexibility index (Phi) is 4.31. The fraction of sp³-hybridized carbons (Fsp3) is 0.462. The van der Waals surface area contributed by atoms with Crippen LogP contribution >= 0.6 is 15.9 Å². The highest BCUT2D eigenvalue weighted by atomic mass is 79.9. The van der Waals surface area contributed by atoms with Crippen LogP contribution in [0.3, 0.4) is 0 Å². The second-order valence-electron chi connectivity index (χ2n) is 4.74. The lowest BCUT2D eigenvalue weighted by atomic mass is 10.1. The summed E-state index contributed by atoms with van der Waals surface area (Å²) in [6.45, 7) is 0. The molecule has 0 heterocycles. The molecule has 1 aromatic carbocycles. The quantitative estimate of drug-likeness (QED) is 0.740. The number of halogens is 1. The molecule has 0 spiro atoms. The Morgan fingerprint density at radius 3 is 2.84 bits per heavy atom. The highest BCUT2D eigenvalue weighted by Gasteiger charge is 2.25. The molecular weight excluding hydrogens is 312 g/mol. The van der Waals surface area contributed by atoms with Crippen molar-refractivity contribution in [2.75, 3.05) is 18.2 Å². The molecule has 6 heteroatoms. The molecule has 2 unspecified atom stereocenters. The summed E-state index contributed by atoms with van der Waals surface area (Å²) in [6, 6.07) is 3.49. The van der Waals surface area contributed by atoms with Crippen LogP contribution in [-0.4, -0.2) is 30.3 Å². The topological polar surface area (TPSA) is 84.6 Å². The third-order valence-electron chi connectivity index (χ3n) is 3.45. The second kappa shape index (κ2) is 5.79. The van der Waals surface area contributed by atoms with E-state index >= 15 is 0 Å². The summed E-state index contributed by atoms with van der Waals surface area (Å²) in [6.07, 6.45) is 3.24. The average Bonchev–Trinajstić information content (AvgIpc) is 2.80. The molecule has 0 amide bonds. The Balaban J connectivity index is 2.16. The molecule has 104 valence electrons. The van der Waals surface area contributed by atoms with Gasteiger partial charge < -0.3 is 20.9 Å². The predicted octanol–water partition coefficient (Wildman–Crippen LogP) is 2.71. The molecule has 2 rings (SSSR count). The third-order valence-corrected chi connectivity index (χ3v) is 4.10. The normalized spacial score (nSPS) is 22.4. The number of anilines is 2. The largest absolute Gasteiger partial charge is 0.478 e. The molecule has 0 aliphatic heterocycles. The second-order valence-corrected chi connectivity index (χ2v) is 5.59. The lowest BCUT2D eigenvalue weighted by Crippen LogP contribution is -2.18. The zero-order valence-electron chi connectivity index (χ0n) is 10.6. The minimum absolute atomic E-state index is 0.118. The zero-order valence-corrected chi connectivity index (χ0v) is 12.2. The van der Waals surface area contributed by atoms with Crippen LogP contribution in [-0.2, 0) is 4.74 Å². The summed E-state index contributed by atoms with van der Waals surface area (Å²) in [5.41, 5.74) is 6.82. The Bertz CT molecular complexity index is 493. The minimum Gasteiger partial charge on any atom is -0.478 e. The number of ether oxygens (including phenoxy) is 1. The first-order valence-electron chi connectivity index (χ1n) is 6.13. The highest BCUT2D eigenvalue weighted by Crippen LogP contribution is 2.32. The number of rotatable bonds is 4. The monoisotopic (exact) mass is 328 g/mol. The molecule has 19 heavy (non-hydrogen) atoms. The van der Waals surface area contributed by atoms with E-state index in [-0.39, 0.29) is 17.4 Å². The van der Waals surface area contributed by atoms with Crippen molar-refractivity contribution in [2.45, 2.75) is 31.4 Å². The van der Waals surface area contributed by atoms with Crippen LogP contribution in [0.1, 0.15) is 29.6 Å². The van der Waals surface area contributed by atoms with Gasteiger partial charge in [-0.1, -0.05) is 0 Å². The van der Waals surface area contributed by atoms with Gasteiger partial charge in [0.2, 0.25) is 0 Å². The number of nitrogens with two attached hydrogens (primary N) is 1. The van der Waals surface area contributed by atoms with Crippen molar-refractivity contribution in [1.29, 1.82) is 0 Å². The van der Waals surface area contributed by atoms with Crippen LogP contribution in [0.2, 0.25) is 0 Å². The number of hydrogen-bond acceptors (Lipinski definition) is 4. The summed E-state index contributed by atoms with van der Waals surface area (Å²) in [4.78, 5) is 11.1. The average molecular weight is 329 g/mol. The van der Waals surface area contributed by atoms with Crippen molar-refractivity contribution in [3.63, 3.8) is 0 Å². The van der Waals surface area contributed by atoms with Crippen molar-refractivity contribution < 1.29 is 14.6 Å². The molecule has 0 aromatic heterocycles.